The number of carboxylic acids is 2. The largest absolute Gasteiger partial charge is 0.481 e. The van der Waals surface area contributed by atoms with Crippen LogP contribution in [0.15, 0.2) is 0 Å². The van der Waals surface area contributed by atoms with E-state index in [1.165, 1.54) is 44.9 Å². The summed E-state index contributed by atoms with van der Waals surface area (Å²) < 4.78 is 0. The number of carbonyl (C=O) groups is 4. The number of nitrogens with two attached hydrogens (primary N) is 1. The van der Waals surface area contributed by atoms with Crippen LogP contribution in [-0.2, 0) is 24.0 Å². The molecule has 225 valence electrons. The zero-order valence-corrected chi connectivity index (χ0v) is 23.7. The Morgan fingerprint density at radius 2 is 1.10 bits per heavy atom. The van der Waals surface area contributed by atoms with Gasteiger partial charge < -0.3 is 26.6 Å². The standard InChI is InChI=1S/C29H52N3O7/c30-24(23-33)17-15-16-22-31-26(34)21-20-25(29(38)39)32-27(35)18-13-11-9-7-5-3-1-2-4-6-8-10-12-14-19-28(36)37/h24-25H,1-22,30H2,(H,31,34)(H,32,35)(H,36,37)(H,38,39)/t24-,25-/m0/s1. The van der Waals surface area contributed by atoms with E-state index in [9.17, 15) is 29.1 Å². The van der Waals surface area contributed by atoms with Gasteiger partial charge in [-0.15, -0.1) is 0 Å². The molecular formula is C29H52N3O7. The molecule has 2 atom stereocenters. The molecule has 0 aliphatic carbocycles. The molecule has 0 heterocycles. The van der Waals surface area contributed by atoms with Crippen molar-refractivity contribution in [1.82, 2.24) is 10.6 Å². The van der Waals surface area contributed by atoms with Gasteiger partial charge in [0.15, 0.2) is 0 Å². The molecule has 2 amide bonds. The summed E-state index contributed by atoms with van der Waals surface area (Å²) in [6.45, 7) is 0.424. The van der Waals surface area contributed by atoms with E-state index in [0.717, 1.165) is 44.9 Å². The van der Waals surface area contributed by atoms with Crippen molar-refractivity contribution in [3.63, 3.8) is 0 Å². The minimum atomic E-state index is -1.15. The summed E-state index contributed by atoms with van der Waals surface area (Å²) in [5, 5.41) is 23.2. The third kappa shape index (κ3) is 25.5. The van der Waals surface area contributed by atoms with Crippen LogP contribution in [0.5, 0.6) is 0 Å². The first-order valence-electron chi connectivity index (χ1n) is 14.9. The Morgan fingerprint density at radius 1 is 0.615 bits per heavy atom. The van der Waals surface area contributed by atoms with Crippen molar-refractivity contribution in [1.29, 1.82) is 0 Å². The lowest BCUT2D eigenvalue weighted by Crippen LogP contribution is -2.41. The Kier molecular flexibility index (Phi) is 24.1. The van der Waals surface area contributed by atoms with E-state index in [0.29, 0.717) is 25.8 Å². The van der Waals surface area contributed by atoms with Gasteiger partial charge in [0.25, 0.3) is 0 Å². The molecule has 6 N–H and O–H groups in total. The number of amides is 2. The van der Waals surface area contributed by atoms with Gasteiger partial charge in [0.05, 0.1) is 6.04 Å². The van der Waals surface area contributed by atoms with Gasteiger partial charge in [-0.3, -0.25) is 19.2 Å². The molecular weight excluding hydrogens is 502 g/mol. The Balaban J connectivity index is 3.67. The zero-order chi connectivity index (χ0) is 29.1. The lowest BCUT2D eigenvalue weighted by Gasteiger charge is -2.14. The third-order valence-electron chi connectivity index (χ3n) is 6.75. The fraction of sp³-hybridized carbons (Fsp3) is 0.828. The van der Waals surface area contributed by atoms with Crippen molar-refractivity contribution in [3.05, 3.63) is 0 Å². The van der Waals surface area contributed by atoms with Gasteiger partial charge >= 0.3 is 11.9 Å². The van der Waals surface area contributed by atoms with Crippen molar-refractivity contribution in [2.24, 2.45) is 5.73 Å². The molecule has 10 nitrogen and oxygen atoms in total. The van der Waals surface area contributed by atoms with Crippen molar-refractivity contribution < 1.29 is 34.2 Å². The van der Waals surface area contributed by atoms with Crippen molar-refractivity contribution in [3.8, 4) is 0 Å². The molecule has 1 radical (unpaired) electrons. The maximum absolute atomic E-state index is 12.2. The summed E-state index contributed by atoms with van der Waals surface area (Å²) in [5.41, 5.74) is 5.45. The number of hydrogen-bond acceptors (Lipinski definition) is 6. The zero-order valence-electron chi connectivity index (χ0n) is 23.7. The molecule has 0 spiro atoms. The quantitative estimate of drug-likeness (QED) is 0.0885. The number of aliphatic carboxylic acids is 2. The van der Waals surface area contributed by atoms with Crippen LogP contribution in [0.1, 0.15) is 135 Å². The van der Waals surface area contributed by atoms with E-state index in [1.54, 1.807) is 6.29 Å². The fourth-order valence-electron chi connectivity index (χ4n) is 4.35. The maximum atomic E-state index is 12.2. The number of carbonyl (C=O) groups excluding carboxylic acids is 3. The molecule has 0 aliphatic heterocycles. The van der Waals surface area contributed by atoms with Gasteiger partial charge in [-0.1, -0.05) is 77.0 Å². The van der Waals surface area contributed by atoms with Crippen LogP contribution < -0.4 is 16.4 Å². The second-order valence-corrected chi connectivity index (χ2v) is 10.4. The third-order valence-corrected chi connectivity index (χ3v) is 6.75. The summed E-state index contributed by atoms with van der Waals surface area (Å²) in [7, 11) is 0. The summed E-state index contributed by atoms with van der Waals surface area (Å²) in [4.78, 5) is 56.3. The molecule has 0 aromatic carbocycles. The summed E-state index contributed by atoms with van der Waals surface area (Å²) in [6, 6.07) is -1.69. The maximum Gasteiger partial charge on any atom is 0.326 e. The van der Waals surface area contributed by atoms with Crippen molar-refractivity contribution >= 4 is 30.0 Å². The number of nitrogens with one attached hydrogen (secondary N) is 2. The van der Waals surface area contributed by atoms with Gasteiger partial charge in [0.2, 0.25) is 18.1 Å². The van der Waals surface area contributed by atoms with E-state index < -0.39 is 24.0 Å². The topological polar surface area (TPSA) is 176 Å². The fourth-order valence-corrected chi connectivity index (χ4v) is 4.35. The molecule has 0 saturated heterocycles. The number of hydrogen-bond donors (Lipinski definition) is 5. The van der Waals surface area contributed by atoms with Crippen LogP contribution in [-0.4, -0.2) is 58.9 Å². The highest BCUT2D eigenvalue weighted by atomic mass is 16.4. The first-order chi connectivity index (χ1) is 18.8. The second-order valence-electron chi connectivity index (χ2n) is 10.4. The lowest BCUT2D eigenvalue weighted by molar-refractivity contribution is -0.142. The summed E-state index contributed by atoms with van der Waals surface area (Å²) >= 11 is 0. The predicted molar refractivity (Wildman–Crippen MR) is 151 cm³/mol. The van der Waals surface area contributed by atoms with Crippen LogP contribution in [0.3, 0.4) is 0 Å². The van der Waals surface area contributed by atoms with Crippen molar-refractivity contribution in [2.45, 2.75) is 147 Å². The minimum Gasteiger partial charge on any atom is -0.481 e. The van der Waals surface area contributed by atoms with Crippen molar-refractivity contribution in [2.75, 3.05) is 6.54 Å². The minimum absolute atomic E-state index is 0.00741. The first-order valence-corrected chi connectivity index (χ1v) is 14.9. The van der Waals surface area contributed by atoms with Gasteiger partial charge in [-0.2, -0.15) is 0 Å². The molecule has 39 heavy (non-hydrogen) atoms. The highest BCUT2D eigenvalue weighted by Gasteiger charge is 2.20. The second kappa shape index (κ2) is 25.8. The molecule has 0 aromatic rings. The van der Waals surface area contributed by atoms with E-state index in [-0.39, 0.29) is 37.5 Å². The van der Waals surface area contributed by atoms with Gasteiger partial charge in [-0.05, 0) is 38.5 Å². The Morgan fingerprint density at radius 3 is 1.56 bits per heavy atom. The summed E-state index contributed by atoms with van der Waals surface area (Å²) in [6.07, 6.45) is 19.5. The first kappa shape index (κ1) is 36.5. The molecule has 0 aromatic heterocycles. The highest BCUT2D eigenvalue weighted by Crippen LogP contribution is 2.14. The predicted octanol–water partition coefficient (Wildman–Crippen LogP) is 4.39. The average molecular weight is 555 g/mol. The monoisotopic (exact) mass is 554 g/mol. The van der Waals surface area contributed by atoms with Gasteiger partial charge in [0, 0.05) is 25.8 Å². The van der Waals surface area contributed by atoms with Gasteiger partial charge in [-0.25, -0.2) is 4.79 Å². The molecule has 0 unspecified atom stereocenters. The van der Waals surface area contributed by atoms with Crippen LogP contribution >= 0.6 is 0 Å². The molecule has 10 heteroatoms. The van der Waals surface area contributed by atoms with E-state index in [1.807, 2.05) is 0 Å². The van der Waals surface area contributed by atoms with Crippen LogP contribution in [0.2, 0.25) is 0 Å². The Labute approximate surface area is 234 Å². The normalized spacial score (nSPS) is 12.4. The SMILES string of the molecule is N[C@H]([C]=O)CCCCNC(=O)CC[C@H](NC(=O)CCCCCCCCCCCCCCCCC(=O)O)C(=O)O. The number of carboxylic acid groups (broad SMARTS) is 2. The number of unbranched alkanes of at least 4 members (excludes halogenated alkanes) is 14. The Bertz CT molecular complexity index is 688. The van der Waals surface area contributed by atoms with E-state index >= 15 is 0 Å². The highest BCUT2D eigenvalue weighted by molar-refractivity contribution is 5.84. The lowest BCUT2D eigenvalue weighted by atomic mass is 10.0. The van der Waals surface area contributed by atoms with E-state index in [4.69, 9.17) is 10.8 Å². The molecule has 0 bridgehead atoms. The molecule has 0 aliphatic rings. The smallest absolute Gasteiger partial charge is 0.326 e. The van der Waals surface area contributed by atoms with E-state index in [2.05, 4.69) is 10.6 Å². The van der Waals surface area contributed by atoms with Crippen LogP contribution in [0.25, 0.3) is 0 Å². The average Bonchev–Trinajstić information content (AvgIpc) is 2.89. The van der Waals surface area contributed by atoms with Gasteiger partial charge in [0.1, 0.15) is 6.04 Å². The van der Waals surface area contributed by atoms with Crippen LogP contribution in [0, 0.1) is 0 Å². The number of rotatable bonds is 28. The van der Waals surface area contributed by atoms with Crippen LogP contribution in [0.4, 0.5) is 0 Å². The molecule has 0 rings (SSSR count). The Hall–Kier alpha value is -2.49. The molecule has 0 saturated carbocycles. The molecule has 0 fully saturated rings. The summed E-state index contributed by atoms with van der Waals surface area (Å²) in [5.74, 6) is -2.42.